The molecule has 2 aromatic carbocycles. The molecule has 0 aliphatic carbocycles. The van der Waals surface area contributed by atoms with Crippen LogP contribution in [0.3, 0.4) is 0 Å². The molecule has 0 amide bonds. The molecule has 0 unspecified atom stereocenters. The van der Waals surface area contributed by atoms with Crippen LogP contribution in [0.25, 0.3) is 22.3 Å². The minimum atomic E-state index is 0.829. The third-order valence-corrected chi connectivity index (χ3v) is 4.22. The molecule has 0 radical (unpaired) electrons. The Morgan fingerprint density at radius 1 is 1.00 bits per heavy atom. The van der Waals surface area contributed by atoms with Gasteiger partial charge in [0.1, 0.15) is 17.1 Å². The van der Waals surface area contributed by atoms with E-state index in [1.807, 2.05) is 42.5 Å². The van der Waals surface area contributed by atoms with Crippen molar-refractivity contribution in [2.45, 2.75) is 0 Å². The Labute approximate surface area is 127 Å². The molecule has 96 valence electrons. The van der Waals surface area contributed by atoms with Crippen molar-refractivity contribution in [1.29, 1.82) is 0 Å². The lowest BCUT2D eigenvalue weighted by Gasteiger charge is -2.01. The van der Waals surface area contributed by atoms with Crippen LogP contribution in [0.15, 0.2) is 55.8 Å². The first-order valence-corrected chi connectivity index (χ1v) is 7.29. The average molecular weight is 382 g/mol. The van der Waals surface area contributed by atoms with Crippen LogP contribution >= 0.6 is 31.9 Å². The number of rotatable bonds is 2. The number of benzene rings is 2. The minimum absolute atomic E-state index is 0.829. The molecular formula is C15H10Br2O2. The molecular weight excluding hydrogens is 372 g/mol. The van der Waals surface area contributed by atoms with Gasteiger partial charge >= 0.3 is 0 Å². The SMILES string of the molecule is COc1ccc(-c2oc3ccc(Br)cc3c2Br)cc1. The molecule has 0 aliphatic rings. The van der Waals surface area contributed by atoms with Crippen LogP contribution in [0.5, 0.6) is 5.75 Å². The monoisotopic (exact) mass is 380 g/mol. The Morgan fingerprint density at radius 2 is 1.74 bits per heavy atom. The fourth-order valence-electron chi connectivity index (χ4n) is 1.97. The lowest BCUT2D eigenvalue weighted by atomic mass is 10.1. The summed E-state index contributed by atoms with van der Waals surface area (Å²) >= 11 is 7.08. The lowest BCUT2D eigenvalue weighted by molar-refractivity contribution is 0.415. The largest absolute Gasteiger partial charge is 0.497 e. The van der Waals surface area contributed by atoms with Crippen molar-refractivity contribution in [2.75, 3.05) is 7.11 Å². The van der Waals surface area contributed by atoms with Crippen LogP contribution in [-0.2, 0) is 0 Å². The van der Waals surface area contributed by atoms with E-state index in [1.54, 1.807) is 7.11 Å². The maximum atomic E-state index is 5.90. The number of methoxy groups -OCH3 is 1. The van der Waals surface area contributed by atoms with Gasteiger partial charge in [0.25, 0.3) is 0 Å². The van der Waals surface area contributed by atoms with Gasteiger partial charge in [-0.15, -0.1) is 0 Å². The quantitative estimate of drug-likeness (QED) is 0.573. The number of hydrogen-bond acceptors (Lipinski definition) is 2. The predicted octanol–water partition coefficient (Wildman–Crippen LogP) is 5.63. The van der Waals surface area contributed by atoms with Crippen LogP contribution < -0.4 is 4.74 Å². The molecule has 0 fully saturated rings. The van der Waals surface area contributed by atoms with Crippen molar-refractivity contribution in [1.82, 2.24) is 0 Å². The Hall–Kier alpha value is -1.26. The Balaban J connectivity index is 2.16. The molecule has 0 spiro atoms. The number of furan rings is 1. The van der Waals surface area contributed by atoms with E-state index in [2.05, 4.69) is 31.9 Å². The highest BCUT2D eigenvalue weighted by Crippen LogP contribution is 2.39. The molecule has 3 aromatic rings. The van der Waals surface area contributed by atoms with E-state index >= 15 is 0 Å². The molecule has 4 heteroatoms. The molecule has 2 nitrogen and oxygen atoms in total. The molecule has 3 rings (SSSR count). The van der Waals surface area contributed by atoms with Gasteiger partial charge in [-0.25, -0.2) is 0 Å². The molecule has 0 N–H and O–H groups in total. The molecule has 0 bridgehead atoms. The molecule has 0 saturated carbocycles. The summed E-state index contributed by atoms with van der Waals surface area (Å²) in [5.41, 5.74) is 1.88. The van der Waals surface area contributed by atoms with Gasteiger partial charge in [-0.05, 0) is 58.4 Å². The maximum absolute atomic E-state index is 5.90. The van der Waals surface area contributed by atoms with Crippen molar-refractivity contribution >= 4 is 42.8 Å². The summed E-state index contributed by atoms with van der Waals surface area (Å²) in [5, 5.41) is 1.06. The van der Waals surface area contributed by atoms with Gasteiger partial charge in [0.15, 0.2) is 0 Å². The first kappa shape index (κ1) is 12.8. The van der Waals surface area contributed by atoms with E-state index in [4.69, 9.17) is 9.15 Å². The fourth-order valence-corrected chi connectivity index (χ4v) is 2.95. The van der Waals surface area contributed by atoms with Crippen LogP contribution in [0.2, 0.25) is 0 Å². The van der Waals surface area contributed by atoms with Gasteiger partial charge < -0.3 is 9.15 Å². The zero-order valence-electron chi connectivity index (χ0n) is 10.1. The first-order chi connectivity index (χ1) is 9.19. The summed E-state index contributed by atoms with van der Waals surface area (Å²) in [6.07, 6.45) is 0. The van der Waals surface area contributed by atoms with Crippen molar-refractivity contribution in [2.24, 2.45) is 0 Å². The Kier molecular flexibility index (Phi) is 3.37. The minimum Gasteiger partial charge on any atom is -0.497 e. The third-order valence-electron chi connectivity index (χ3n) is 2.94. The second-order valence-electron chi connectivity index (χ2n) is 4.11. The van der Waals surface area contributed by atoms with E-state index in [1.165, 1.54) is 0 Å². The van der Waals surface area contributed by atoms with E-state index in [0.717, 1.165) is 37.0 Å². The lowest BCUT2D eigenvalue weighted by Crippen LogP contribution is -1.81. The van der Waals surface area contributed by atoms with E-state index in [-0.39, 0.29) is 0 Å². The third kappa shape index (κ3) is 2.30. The van der Waals surface area contributed by atoms with Crippen LogP contribution in [0, 0.1) is 0 Å². The van der Waals surface area contributed by atoms with Gasteiger partial charge in [-0.2, -0.15) is 0 Å². The van der Waals surface area contributed by atoms with Gasteiger partial charge in [0.05, 0.1) is 11.6 Å². The van der Waals surface area contributed by atoms with Crippen LogP contribution in [0.1, 0.15) is 0 Å². The molecule has 19 heavy (non-hydrogen) atoms. The molecule has 0 saturated heterocycles. The standard InChI is InChI=1S/C15H10Br2O2/c1-18-11-5-2-9(3-6-11)15-14(17)12-8-10(16)4-7-13(12)19-15/h2-8H,1H3. The van der Waals surface area contributed by atoms with Gasteiger partial charge in [0, 0.05) is 15.4 Å². The van der Waals surface area contributed by atoms with Crippen LogP contribution in [-0.4, -0.2) is 7.11 Å². The average Bonchev–Trinajstić information content (AvgIpc) is 2.76. The summed E-state index contributed by atoms with van der Waals surface area (Å²) in [6.45, 7) is 0. The predicted molar refractivity (Wildman–Crippen MR) is 83.6 cm³/mol. The number of hydrogen-bond donors (Lipinski definition) is 0. The van der Waals surface area contributed by atoms with Crippen molar-refractivity contribution in [3.8, 4) is 17.1 Å². The van der Waals surface area contributed by atoms with Gasteiger partial charge in [-0.3, -0.25) is 0 Å². The van der Waals surface area contributed by atoms with Crippen molar-refractivity contribution in [3.63, 3.8) is 0 Å². The first-order valence-electron chi connectivity index (χ1n) is 5.71. The van der Waals surface area contributed by atoms with Gasteiger partial charge in [-0.1, -0.05) is 15.9 Å². The maximum Gasteiger partial charge on any atom is 0.149 e. The smallest absolute Gasteiger partial charge is 0.149 e. The second kappa shape index (κ2) is 5.02. The van der Waals surface area contributed by atoms with E-state index in [9.17, 15) is 0 Å². The topological polar surface area (TPSA) is 22.4 Å². The summed E-state index contributed by atoms with van der Waals surface area (Å²) in [6, 6.07) is 13.8. The summed E-state index contributed by atoms with van der Waals surface area (Å²) < 4.78 is 13.1. The van der Waals surface area contributed by atoms with Crippen molar-refractivity contribution < 1.29 is 9.15 Å². The van der Waals surface area contributed by atoms with E-state index < -0.39 is 0 Å². The normalized spacial score (nSPS) is 10.9. The summed E-state index contributed by atoms with van der Waals surface area (Å²) in [4.78, 5) is 0. The Bertz CT molecular complexity index is 730. The number of halogens is 2. The zero-order valence-corrected chi connectivity index (χ0v) is 13.3. The fraction of sp³-hybridized carbons (Fsp3) is 0.0667. The van der Waals surface area contributed by atoms with E-state index in [0.29, 0.717) is 0 Å². The molecule has 1 aromatic heterocycles. The zero-order chi connectivity index (χ0) is 13.4. The highest BCUT2D eigenvalue weighted by atomic mass is 79.9. The number of fused-ring (bicyclic) bond motifs is 1. The molecule has 0 aliphatic heterocycles. The molecule has 1 heterocycles. The molecule has 0 atom stereocenters. The van der Waals surface area contributed by atoms with Crippen molar-refractivity contribution in [3.05, 3.63) is 51.4 Å². The second-order valence-corrected chi connectivity index (χ2v) is 5.82. The summed E-state index contributed by atoms with van der Waals surface area (Å²) in [7, 11) is 1.66. The number of ether oxygens (including phenoxy) is 1. The highest BCUT2D eigenvalue weighted by molar-refractivity contribution is 9.11. The highest BCUT2D eigenvalue weighted by Gasteiger charge is 2.13. The summed E-state index contributed by atoms with van der Waals surface area (Å²) in [5.74, 6) is 1.66. The van der Waals surface area contributed by atoms with Crippen LogP contribution in [0.4, 0.5) is 0 Å². The van der Waals surface area contributed by atoms with Gasteiger partial charge in [0.2, 0.25) is 0 Å². The Morgan fingerprint density at radius 3 is 2.42 bits per heavy atom.